The first-order chi connectivity index (χ1) is 4.68. The quantitative estimate of drug-likeness (QED) is 0.622. The van der Waals surface area contributed by atoms with E-state index in [9.17, 15) is 4.57 Å². The second-order valence-electron chi connectivity index (χ2n) is 2.74. The van der Waals surface area contributed by atoms with Crippen LogP contribution < -0.4 is 5.73 Å². The summed E-state index contributed by atoms with van der Waals surface area (Å²) in [6.07, 6.45) is 3.00. The highest BCUT2D eigenvalue weighted by atomic mass is 31.1. The van der Waals surface area contributed by atoms with Gasteiger partial charge in [0, 0.05) is 6.04 Å². The van der Waals surface area contributed by atoms with Crippen LogP contribution in [0, 0.1) is 0 Å². The largest absolute Gasteiger partial charge is 0.505 e. The van der Waals surface area contributed by atoms with Gasteiger partial charge in [0.1, 0.15) is 6.10 Å². The molecule has 4 heteroatoms. The lowest BCUT2D eigenvalue weighted by Gasteiger charge is -1.98. The summed E-state index contributed by atoms with van der Waals surface area (Å²) >= 11 is 0. The molecule has 0 aromatic heterocycles. The number of hydrogen-bond donors (Lipinski definition) is 1. The molecule has 1 saturated carbocycles. The Kier molecular flexibility index (Phi) is 2.78. The van der Waals surface area contributed by atoms with Crippen molar-refractivity contribution in [2.45, 2.75) is 31.4 Å². The van der Waals surface area contributed by atoms with E-state index in [2.05, 4.69) is 0 Å². The van der Waals surface area contributed by atoms with Gasteiger partial charge in [-0.1, -0.05) is 0 Å². The van der Waals surface area contributed by atoms with Crippen LogP contribution in [-0.2, 0) is 9.09 Å². The van der Waals surface area contributed by atoms with E-state index in [4.69, 9.17) is 10.3 Å². The molecule has 10 heavy (non-hydrogen) atoms. The van der Waals surface area contributed by atoms with Gasteiger partial charge in [0.2, 0.25) is 0 Å². The topological polar surface area (TPSA) is 52.3 Å². The first-order valence-electron chi connectivity index (χ1n) is 3.51. The van der Waals surface area contributed by atoms with Crippen LogP contribution in [0.4, 0.5) is 0 Å². The highest BCUT2D eigenvalue weighted by Gasteiger charge is 2.28. The van der Waals surface area contributed by atoms with E-state index in [0.717, 1.165) is 19.3 Å². The van der Waals surface area contributed by atoms with Crippen molar-refractivity contribution >= 4 is 8.03 Å². The van der Waals surface area contributed by atoms with Crippen LogP contribution in [0.5, 0.6) is 0 Å². The van der Waals surface area contributed by atoms with E-state index >= 15 is 0 Å². The normalized spacial score (nSPS) is 34.4. The van der Waals surface area contributed by atoms with Crippen LogP contribution in [0.25, 0.3) is 0 Å². The maximum absolute atomic E-state index is 10.6. The molecule has 3 unspecified atom stereocenters. The predicted octanol–water partition coefficient (Wildman–Crippen LogP) is 1.25. The summed E-state index contributed by atoms with van der Waals surface area (Å²) in [6, 6.07) is 0.264. The summed E-state index contributed by atoms with van der Waals surface area (Å²) in [6.45, 7) is 1.58. The molecule has 3 atom stereocenters. The second kappa shape index (κ2) is 3.42. The van der Waals surface area contributed by atoms with Crippen molar-refractivity contribution in [3.63, 3.8) is 0 Å². The molecule has 1 aliphatic carbocycles. The van der Waals surface area contributed by atoms with E-state index < -0.39 is 8.03 Å². The van der Waals surface area contributed by atoms with Crippen LogP contribution in [0.3, 0.4) is 0 Å². The first kappa shape index (κ1) is 8.12. The molecule has 1 fully saturated rings. The summed E-state index contributed by atoms with van der Waals surface area (Å²) in [5.74, 6) is 0. The zero-order valence-corrected chi connectivity index (χ0v) is 7.01. The van der Waals surface area contributed by atoms with Gasteiger partial charge in [-0.2, -0.15) is 0 Å². The van der Waals surface area contributed by atoms with Crippen molar-refractivity contribution in [1.29, 1.82) is 0 Å². The smallest absolute Gasteiger partial charge is 0.328 e. The van der Waals surface area contributed by atoms with Gasteiger partial charge in [0.15, 0.2) is 6.66 Å². The molecule has 0 radical (unpaired) electrons. The summed E-state index contributed by atoms with van der Waals surface area (Å²) in [7, 11) is -1.44. The van der Waals surface area contributed by atoms with Crippen molar-refractivity contribution in [2.24, 2.45) is 5.73 Å². The third-order valence-electron chi connectivity index (χ3n) is 1.72. The Balaban J connectivity index is 2.24. The molecule has 58 valence electrons. The van der Waals surface area contributed by atoms with Gasteiger partial charge in [-0.15, -0.1) is 4.52 Å². The molecule has 0 saturated heterocycles. The monoisotopic (exact) mass is 162 g/mol. The van der Waals surface area contributed by atoms with Crippen molar-refractivity contribution in [3.05, 3.63) is 0 Å². The van der Waals surface area contributed by atoms with Gasteiger partial charge >= 0.3 is 8.03 Å². The van der Waals surface area contributed by atoms with Crippen LogP contribution in [0.1, 0.15) is 19.3 Å². The van der Waals surface area contributed by atoms with Crippen LogP contribution in [-0.4, -0.2) is 18.8 Å². The molecule has 0 amide bonds. The van der Waals surface area contributed by atoms with Gasteiger partial charge in [-0.05, 0) is 23.8 Å². The maximum Gasteiger partial charge on any atom is 0.505 e. The first-order valence-corrected chi connectivity index (χ1v) is 5.14. The Morgan fingerprint density at radius 3 is 2.70 bits per heavy atom. The van der Waals surface area contributed by atoms with E-state index in [0.29, 0.717) is 0 Å². The minimum Gasteiger partial charge on any atom is -0.328 e. The molecular formula is C6H13NO2P+. The van der Waals surface area contributed by atoms with Crippen molar-refractivity contribution in [1.82, 2.24) is 0 Å². The molecule has 0 aliphatic heterocycles. The standard InChI is InChI=1S/C6H13NO2P/c1-10(8)9-6-3-2-5(7)4-6/h5-6H,2-4,7H2,1H3/q+1. The summed E-state index contributed by atoms with van der Waals surface area (Å²) in [5, 5.41) is 0. The lowest BCUT2D eigenvalue weighted by molar-refractivity contribution is 0.223. The second-order valence-corrected chi connectivity index (χ2v) is 3.83. The summed E-state index contributed by atoms with van der Waals surface area (Å²) in [5.41, 5.74) is 5.63. The van der Waals surface area contributed by atoms with E-state index in [1.165, 1.54) is 0 Å². The van der Waals surface area contributed by atoms with Gasteiger partial charge in [-0.25, -0.2) is 0 Å². The van der Waals surface area contributed by atoms with Gasteiger partial charge in [0.05, 0.1) is 0 Å². The van der Waals surface area contributed by atoms with Gasteiger partial charge < -0.3 is 5.73 Å². The molecule has 0 aromatic carbocycles. The number of nitrogens with two attached hydrogens (primary N) is 1. The number of hydrogen-bond acceptors (Lipinski definition) is 3. The van der Waals surface area contributed by atoms with Crippen molar-refractivity contribution in [2.75, 3.05) is 6.66 Å². The van der Waals surface area contributed by atoms with E-state index in [-0.39, 0.29) is 12.1 Å². The molecule has 0 bridgehead atoms. The highest BCUT2D eigenvalue weighted by molar-refractivity contribution is 7.38. The average Bonchev–Trinajstić information content (AvgIpc) is 2.13. The Morgan fingerprint density at radius 1 is 1.60 bits per heavy atom. The summed E-state index contributed by atoms with van der Waals surface area (Å²) in [4.78, 5) is 0. The van der Waals surface area contributed by atoms with Crippen LogP contribution in [0.2, 0.25) is 0 Å². The highest BCUT2D eigenvalue weighted by Crippen LogP contribution is 2.28. The molecular weight excluding hydrogens is 149 g/mol. The zero-order valence-electron chi connectivity index (χ0n) is 6.12. The van der Waals surface area contributed by atoms with E-state index in [1.807, 2.05) is 0 Å². The molecule has 1 aliphatic rings. The molecule has 2 N–H and O–H groups in total. The van der Waals surface area contributed by atoms with Crippen molar-refractivity contribution < 1.29 is 9.09 Å². The fraction of sp³-hybridized carbons (Fsp3) is 1.00. The summed E-state index contributed by atoms with van der Waals surface area (Å²) < 4.78 is 15.7. The lowest BCUT2D eigenvalue weighted by Crippen LogP contribution is -2.16. The molecule has 0 aromatic rings. The van der Waals surface area contributed by atoms with Crippen molar-refractivity contribution in [3.8, 4) is 0 Å². The van der Waals surface area contributed by atoms with Gasteiger partial charge in [0.25, 0.3) is 0 Å². The van der Waals surface area contributed by atoms with Crippen LogP contribution in [0.15, 0.2) is 0 Å². The fourth-order valence-electron chi connectivity index (χ4n) is 1.28. The Bertz CT molecular complexity index is 140. The van der Waals surface area contributed by atoms with E-state index in [1.54, 1.807) is 6.66 Å². The number of rotatable bonds is 2. The Hall–Kier alpha value is 0.0200. The Morgan fingerprint density at radius 2 is 2.30 bits per heavy atom. The third kappa shape index (κ3) is 2.33. The van der Waals surface area contributed by atoms with Crippen LogP contribution >= 0.6 is 8.03 Å². The molecule has 3 nitrogen and oxygen atoms in total. The SMILES string of the molecule is C[P+](=O)OC1CCC(N)C1. The Labute approximate surface area is 61.8 Å². The minimum atomic E-state index is -1.44. The predicted molar refractivity (Wildman–Crippen MR) is 40.2 cm³/mol. The fourth-order valence-corrected chi connectivity index (χ4v) is 1.89. The maximum atomic E-state index is 10.6. The molecule has 0 spiro atoms. The zero-order chi connectivity index (χ0) is 7.56. The lowest BCUT2D eigenvalue weighted by atomic mass is 10.3. The average molecular weight is 162 g/mol. The molecule has 0 heterocycles. The minimum absolute atomic E-state index is 0.156. The van der Waals surface area contributed by atoms with Gasteiger partial charge in [-0.3, -0.25) is 0 Å². The third-order valence-corrected chi connectivity index (χ3v) is 2.32. The molecule has 1 rings (SSSR count).